The Morgan fingerprint density at radius 1 is 0.967 bits per heavy atom. The van der Waals surface area contributed by atoms with Crippen molar-refractivity contribution in [2.24, 2.45) is 0 Å². The highest BCUT2D eigenvalue weighted by Gasteiger charge is 2.16. The number of nitrogens with zero attached hydrogens (tertiary/aromatic N) is 1. The summed E-state index contributed by atoms with van der Waals surface area (Å²) < 4.78 is 5.29. The van der Waals surface area contributed by atoms with E-state index in [-0.39, 0.29) is 11.8 Å². The van der Waals surface area contributed by atoms with E-state index in [1.807, 2.05) is 37.3 Å². The van der Waals surface area contributed by atoms with Gasteiger partial charge >= 0.3 is 0 Å². The zero-order chi connectivity index (χ0) is 21.5. The molecule has 0 radical (unpaired) electrons. The van der Waals surface area contributed by atoms with E-state index in [1.165, 1.54) is 11.1 Å². The Balaban J connectivity index is 1.69. The van der Waals surface area contributed by atoms with Crippen LogP contribution in [0.15, 0.2) is 60.7 Å². The summed E-state index contributed by atoms with van der Waals surface area (Å²) in [4.78, 5) is 15.2. The highest BCUT2D eigenvalue weighted by atomic mass is 16.5. The number of nitrogens with one attached hydrogen (secondary N) is 1. The molecule has 0 heterocycles. The molecule has 0 aromatic heterocycles. The Kier molecular flexibility index (Phi) is 7.47. The third-order valence-corrected chi connectivity index (χ3v) is 5.82. The summed E-state index contributed by atoms with van der Waals surface area (Å²) in [5.74, 6) is 0.663. The molecule has 3 rings (SSSR count). The van der Waals surface area contributed by atoms with Gasteiger partial charge in [0.15, 0.2) is 0 Å². The van der Waals surface area contributed by atoms with Crippen molar-refractivity contribution in [2.45, 2.75) is 39.8 Å². The van der Waals surface area contributed by atoms with Gasteiger partial charge in [0.1, 0.15) is 5.75 Å². The quantitative estimate of drug-likeness (QED) is 0.539. The van der Waals surface area contributed by atoms with Crippen LogP contribution >= 0.6 is 0 Å². The first kappa shape index (κ1) is 21.8. The van der Waals surface area contributed by atoms with E-state index in [1.54, 1.807) is 7.11 Å². The molecule has 0 fully saturated rings. The number of amides is 1. The summed E-state index contributed by atoms with van der Waals surface area (Å²) in [6.45, 7) is 9.80. The number of hydrogen-bond donors (Lipinski definition) is 1. The molecular weight excluding hydrogens is 372 g/mol. The summed E-state index contributed by atoms with van der Waals surface area (Å²) in [6, 6.07) is 20.5. The highest BCUT2D eigenvalue weighted by Crippen LogP contribution is 2.25. The van der Waals surface area contributed by atoms with Crippen LogP contribution in [0, 0.1) is 0 Å². The first-order chi connectivity index (χ1) is 14.5. The van der Waals surface area contributed by atoms with Gasteiger partial charge in [-0.15, -0.1) is 0 Å². The third kappa shape index (κ3) is 5.19. The van der Waals surface area contributed by atoms with E-state index < -0.39 is 0 Å². The van der Waals surface area contributed by atoms with E-state index in [2.05, 4.69) is 54.4 Å². The lowest BCUT2D eigenvalue weighted by Gasteiger charge is -2.20. The molecule has 0 saturated heterocycles. The molecule has 1 amide bonds. The first-order valence-electron chi connectivity index (χ1n) is 10.7. The van der Waals surface area contributed by atoms with E-state index in [4.69, 9.17) is 4.74 Å². The molecule has 30 heavy (non-hydrogen) atoms. The molecule has 158 valence electrons. The average Bonchev–Trinajstić information content (AvgIpc) is 2.80. The molecule has 0 aliphatic rings. The van der Waals surface area contributed by atoms with Crippen LogP contribution in [0.4, 0.5) is 0 Å². The summed E-state index contributed by atoms with van der Waals surface area (Å²) in [5.41, 5.74) is 3.46. The van der Waals surface area contributed by atoms with Crippen molar-refractivity contribution >= 4 is 16.7 Å². The molecular formula is C26H32N2O2. The van der Waals surface area contributed by atoms with Gasteiger partial charge in [-0.3, -0.25) is 9.69 Å². The molecule has 4 nitrogen and oxygen atoms in total. The number of carbonyl (C=O) groups excluding carboxylic acids is 1. The number of methoxy groups -OCH3 is 1. The second-order valence-corrected chi connectivity index (χ2v) is 7.64. The molecule has 4 heteroatoms. The molecule has 0 aliphatic carbocycles. The van der Waals surface area contributed by atoms with Crippen molar-refractivity contribution in [2.75, 3.05) is 20.2 Å². The topological polar surface area (TPSA) is 41.6 Å². The van der Waals surface area contributed by atoms with Gasteiger partial charge in [0.05, 0.1) is 13.0 Å². The van der Waals surface area contributed by atoms with E-state index in [0.717, 1.165) is 41.7 Å². The number of carbonyl (C=O) groups is 1. The lowest BCUT2D eigenvalue weighted by molar-refractivity contribution is -0.122. The molecule has 0 aliphatic heterocycles. The van der Waals surface area contributed by atoms with Gasteiger partial charge in [0, 0.05) is 13.1 Å². The Hall–Kier alpha value is -2.85. The predicted octanol–water partition coefficient (Wildman–Crippen LogP) is 5.11. The normalized spacial score (nSPS) is 12.2. The molecule has 0 bridgehead atoms. The average molecular weight is 405 g/mol. The minimum Gasteiger partial charge on any atom is -0.497 e. The molecule has 0 saturated carbocycles. The number of benzene rings is 3. The van der Waals surface area contributed by atoms with Crippen molar-refractivity contribution in [3.8, 4) is 5.75 Å². The predicted molar refractivity (Wildman–Crippen MR) is 124 cm³/mol. The molecule has 0 spiro atoms. The smallest absolute Gasteiger partial charge is 0.227 e. The second kappa shape index (κ2) is 10.3. The van der Waals surface area contributed by atoms with Gasteiger partial charge in [-0.05, 0) is 59.6 Å². The monoisotopic (exact) mass is 404 g/mol. The van der Waals surface area contributed by atoms with Gasteiger partial charge in [-0.25, -0.2) is 0 Å². The molecule has 1 atom stereocenters. The fourth-order valence-electron chi connectivity index (χ4n) is 3.70. The molecule has 1 N–H and O–H groups in total. The van der Waals surface area contributed by atoms with Gasteiger partial charge < -0.3 is 10.1 Å². The Morgan fingerprint density at radius 2 is 1.63 bits per heavy atom. The SMILES string of the molecule is CCN(CC)Cc1ccccc1CNC(=O)[C@H](C)c1ccc2cc(OC)ccc2c1. The maximum atomic E-state index is 12.9. The lowest BCUT2D eigenvalue weighted by Crippen LogP contribution is -2.29. The van der Waals surface area contributed by atoms with E-state index in [9.17, 15) is 4.79 Å². The van der Waals surface area contributed by atoms with Crippen LogP contribution in [0.25, 0.3) is 10.8 Å². The van der Waals surface area contributed by atoms with Crippen LogP contribution in [0.3, 0.4) is 0 Å². The Labute approximate surface area is 179 Å². The maximum absolute atomic E-state index is 12.9. The lowest BCUT2D eigenvalue weighted by atomic mass is 9.96. The number of fused-ring (bicyclic) bond motifs is 1. The standard InChI is InChI=1S/C26H32N2O2/c1-5-28(6-2)18-24-10-8-7-9-23(24)17-27-26(29)19(3)20-11-12-22-16-25(30-4)14-13-21(22)15-20/h7-16,19H,5-6,17-18H2,1-4H3,(H,27,29)/t19-/m1/s1. The zero-order valence-electron chi connectivity index (χ0n) is 18.4. The maximum Gasteiger partial charge on any atom is 0.227 e. The van der Waals surface area contributed by atoms with Crippen molar-refractivity contribution < 1.29 is 9.53 Å². The van der Waals surface area contributed by atoms with Crippen LogP contribution < -0.4 is 10.1 Å². The third-order valence-electron chi connectivity index (χ3n) is 5.82. The summed E-state index contributed by atoms with van der Waals surface area (Å²) >= 11 is 0. The van der Waals surface area contributed by atoms with E-state index >= 15 is 0 Å². The largest absolute Gasteiger partial charge is 0.497 e. The Bertz CT molecular complexity index is 995. The minimum absolute atomic E-state index is 0.0421. The van der Waals surface area contributed by atoms with Crippen molar-refractivity contribution in [3.05, 3.63) is 77.4 Å². The summed E-state index contributed by atoms with van der Waals surface area (Å²) in [6.07, 6.45) is 0. The van der Waals surface area contributed by atoms with Crippen LogP contribution in [-0.4, -0.2) is 31.0 Å². The molecule has 3 aromatic carbocycles. The van der Waals surface area contributed by atoms with Gasteiger partial charge in [-0.1, -0.05) is 62.4 Å². The molecule has 3 aromatic rings. The van der Waals surface area contributed by atoms with Crippen LogP contribution in [-0.2, 0) is 17.9 Å². The minimum atomic E-state index is -0.216. The van der Waals surface area contributed by atoms with Crippen molar-refractivity contribution in [3.63, 3.8) is 0 Å². The second-order valence-electron chi connectivity index (χ2n) is 7.64. The van der Waals surface area contributed by atoms with Gasteiger partial charge in [0.2, 0.25) is 5.91 Å². The highest BCUT2D eigenvalue weighted by molar-refractivity contribution is 5.88. The number of ether oxygens (including phenoxy) is 1. The van der Waals surface area contributed by atoms with Crippen molar-refractivity contribution in [1.29, 1.82) is 0 Å². The first-order valence-corrected chi connectivity index (χ1v) is 10.7. The zero-order valence-corrected chi connectivity index (χ0v) is 18.4. The van der Waals surface area contributed by atoms with Crippen LogP contribution in [0.5, 0.6) is 5.75 Å². The summed E-state index contributed by atoms with van der Waals surface area (Å²) in [7, 11) is 1.67. The van der Waals surface area contributed by atoms with Crippen molar-refractivity contribution in [1.82, 2.24) is 10.2 Å². The van der Waals surface area contributed by atoms with Crippen LogP contribution in [0.2, 0.25) is 0 Å². The molecule has 0 unspecified atom stereocenters. The van der Waals surface area contributed by atoms with Gasteiger partial charge in [0.25, 0.3) is 0 Å². The number of rotatable bonds is 9. The van der Waals surface area contributed by atoms with E-state index in [0.29, 0.717) is 6.54 Å². The fraction of sp³-hybridized carbons (Fsp3) is 0.346. The van der Waals surface area contributed by atoms with Crippen LogP contribution in [0.1, 0.15) is 43.4 Å². The Morgan fingerprint density at radius 3 is 2.33 bits per heavy atom. The number of hydrogen-bond acceptors (Lipinski definition) is 3. The fourth-order valence-corrected chi connectivity index (χ4v) is 3.70. The summed E-state index contributed by atoms with van der Waals surface area (Å²) in [5, 5.41) is 5.35. The van der Waals surface area contributed by atoms with Gasteiger partial charge in [-0.2, -0.15) is 0 Å².